The second kappa shape index (κ2) is 6.60. The summed E-state index contributed by atoms with van der Waals surface area (Å²) in [7, 11) is 0. The second-order valence-electron chi connectivity index (χ2n) is 6.32. The predicted molar refractivity (Wildman–Crippen MR) is 76.2 cm³/mol. The molecule has 1 aromatic rings. The molecule has 2 nitrogen and oxygen atoms in total. The number of rotatable bonds is 4. The van der Waals surface area contributed by atoms with Crippen LogP contribution in [0.1, 0.15) is 69.3 Å². The van der Waals surface area contributed by atoms with E-state index in [1.165, 1.54) is 63.4 Å². The molecule has 0 amide bonds. The molecule has 2 heteroatoms. The zero-order valence-electron chi connectivity index (χ0n) is 11.9. The molecule has 1 heterocycles. The van der Waals surface area contributed by atoms with Crippen LogP contribution >= 0.6 is 0 Å². The van der Waals surface area contributed by atoms with Crippen molar-refractivity contribution in [3.8, 4) is 0 Å². The first kappa shape index (κ1) is 13.2. The van der Waals surface area contributed by atoms with Crippen LogP contribution in [0, 0.1) is 5.92 Å². The molecule has 2 aliphatic carbocycles. The van der Waals surface area contributed by atoms with E-state index in [0.29, 0.717) is 12.0 Å². The van der Waals surface area contributed by atoms with Gasteiger partial charge in [0.2, 0.25) is 0 Å². The first-order chi connectivity index (χ1) is 9.43. The van der Waals surface area contributed by atoms with Gasteiger partial charge >= 0.3 is 0 Å². The molecule has 106 valence electrons. The van der Waals surface area contributed by atoms with Gasteiger partial charge in [-0.3, -0.25) is 0 Å². The highest BCUT2D eigenvalue weighted by atomic mass is 16.5. The third-order valence-corrected chi connectivity index (χ3v) is 4.94. The second-order valence-corrected chi connectivity index (χ2v) is 6.32. The van der Waals surface area contributed by atoms with E-state index in [1.807, 2.05) is 6.26 Å². The quantitative estimate of drug-likeness (QED) is 0.769. The van der Waals surface area contributed by atoms with E-state index in [4.69, 9.17) is 9.15 Å². The van der Waals surface area contributed by atoms with Gasteiger partial charge in [-0.05, 0) is 43.2 Å². The summed E-state index contributed by atoms with van der Waals surface area (Å²) in [6, 6.07) is 2.12. The lowest BCUT2D eigenvalue weighted by Gasteiger charge is -2.33. The monoisotopic (exact) mass is 262 g/mol. The van der Waals surface area contributed by atoms with Gasteiger partial charge in [0.25, 0.3) is 0 Å². The number of hydrogen-bond donors (Lipinski definition) is 0. The summed E-state index contributed by atoms with van der Waals surface area (Å²) in [5.74, 6) is 1.39. The van der Waals surface area contributed by atoms with Crippen molar-refractivity contribution < 1.29 is 9.15 Å². The lowest BCUT2D eigenvalue weighted by molar-refractivity contribution is -0.0117. The Morgan fingerprint density at radius 2 is 1.79 bits per heavy atom. The first-order valence-electron chi connectivity index (χ1n) is 8.07. The smallest absolute Gasteiger partial charge is 0.0938 e. The van der Waals surface area contributed by atoms with E-state index >= 15 is 0 Å². The van der Waals surface area contributed by atoms with Crippen LogP contribution in [-0.4, -0.2) is 12.7 Å². The summed E-state index contributed by atoms with van der Waals surface area (Å²) in [5, 5.41) is 0. The van der Waals surface area contributed by atoms with Crippen molar-refractivity contribution in [2.45, 2.75) is 69.8 Å². The molecule has 0 saturated heterocycles. The highest BCUT2D eigenvalue weighted by Gasteiger charge is 2.28. The molecular formula is C17H26O2. The van der Waals surface area contributed by atoms with Crippen LogP contribution in [0.25, 0.3) is 0 Å². The van der Waals surface area contributed by atoms with Gasteiger partial charge in [0.1, 0.15) is 0 Å². The molecule has 2 atom stereocenters. The van der Waals surface area contributed by atoms with Crippen molar-refractivity contribution in [1.29, 1.82) is 0 Å². The van der Waals surface area contributed by atoms with Crippen molar-refractivity contribution >= 4 is 0 Å². The van der Waals surface area contributed by atoms with Gasteiger partial charge < -0.3 is 9.15 Å². The molecule has 0 aromatic carbocycles. The Hall–Kier alpha value is -0.760. The largest absolute Gasteiger partial charge is 0.472 e. The van der Waals surface area contributed by atoms with Gasteiger partial charge in [0.05, 0.1) is 18.6 Å². The molecule has 19 heavy (non-hydrogen) atoms. The molecule has 2 saturated carbocycles. The molecule has 0 aliphatic heterocycles. The van der Waals surface area contributed by atoms with E-state index in [9.17, 15) is 0 Å². The minimum absolute atomic E-state index is 0.424. The predicted octanol–water partition coefficient (Wildman–Crippen LogP) is 4.90. The Labute approximate surface area is 116 Å². The maximum Gasteiger partial charge on any atom is 0.0938 e. The molecule has 3 rings (SSSR count). The normalized spacial score (nSPS) is 29.5. The van der Waals surface area contributed by atoms with Crippen molar-refractivity contribution in [1.82, 2.24) is 0 Å². The van der Waals surface area contributed by atoms with Crippen molar-refractivity contribution in [2.75, 3.05) is 6.61 Å². The fourth-order valence-electron chi connectivity index (χ4n) is 3.78. The minimum Gasteiger partial charge on any atom is -0.472 e. The Morgan fingerprint density at radius 1 is 1.00 bits per heavy atom. The third kappa shape index (κ3) is 3.42. The van der Waals surface area contributed by atoms with Crippen LogP contribution in [0.5, 0.6) is 0 Å². The molecule has 0 bridgehead atoms. The summed E-state index contributed by atoms with van der Waals surface area (Å²) in [6.45, 7) is 0.985. The maximum atomic E-state index is 6.32. The molecule has 1 aromatic heterocycles. The zero-order valence-corrected chi connectivity index (χ0v) is 11.9. The molecule has 0 N–H and O–H groups in total. The fourth-order valence-corrected chi connectivity index (χ4v) is 3.78. The van der Waals surface area contributed by atoms with Gasteiger partial charge in [-0.2, -0.15) is 0 Å². The Morgan fingerprint density at radius 3 is 2.58 bits per heavy atom. The van der Waals surface area contributed by atoms with Crippen LogP contribution in [-0.2, 0) is 4.74 Å². The molecular weight excluding hydrogens is 236 g/mol. The van der Waals surface area contributed by atoms with Gasteiger partial charge in [-0.15, -0.1) is 0 Å². The van der Waals surface area contributed by atoms with Crippen LogP contribution < -0.4 is 0 Å². The highest BCUT2D eigenvalue weighted by molar-refractivity contribution is 5.15. The summed E-state index contributed by atoms with van der Waals surface area (Å²) < 4.78 is 11.6. The molecule has 2 fully saturated rings. The van der Waals surface area contributed by atoms with Crippen LogP contribution in [0.2, 0.25) is 0 Å². The summed E-state index contributed by atoms with van der Waals surface area (Å²) >= 11 is 0. The van der Waals surface area contributed by atoms with Gasteiger partial charge in [-0.25, -0.2) is 0 Å². The van der Waals surface area contributed by atoms with Crippen molar-refractivity contribution in [3.05, 3.63) is 24.2 Å². The Bertz CT molecular complexity index is 351. The maximum absolute atomic E-state index is 6.32. The SMILES string of the molecule is c1cc([C@H]2CCCC[C@@H]2OCC2CCCCC2)co1. The third-order valence-electron chi connectivity index (χ3n) is 4.94. The number of furan rings is 1. The highest BCUT2D eigenvalue weighted by Crippen LogP contribution is 2.36. The topological polar surface area (TPSA) is 22.4 Å². The van der Waals surface area contributed by atoms with Gasteiger partial charge in [0.15, 0.2) is 0 Å². The van der Waals surface area contributed by atoms with Crippen LogP contribution in [0.3, 0.4) is 0 Å². The Balaban J connectivity index is 1.55. The summed E-state index contributed by atoms with van der Waals surface area (Å²) in [6.07, 6.45) is 16.3. The minimum atomic E-state index is 0.424. The van der Waals surface area contributed by atoms with Crippen molar-refractivity contribution in [3.63, 3.8) is 0 Å². The molecule has 0 radical (unpaired) electrons. The average Bonchev–Trinajstić information content (AvgIpc) is 3.01. The molecule has 0 unspecified atom stereocenters. The Kier molecular flexibility index (Phi) is 4.60. The van der Waals surface area contributed by atoms with E-state index in [1.54, 1.807) is 6.26 Å². The average molecular weight is 262 g/mol. The first-order valence-corrected chi connectivity index (χ1v) is 8.07. The van der Waals surface area contributed by atoms with E-state index in [-0.39, 0.29) is 0 Å². The van der Waals surface area contributed by atoms with Crippen LogP contribution in [0.15, 0.2) is 23.0 Å². The summed E-state index contributed by atoms with van der Waals surface area (Å²) in [5.41, 5.74) is 1.34. The number of ether oxygens (including phenoxy) is 1. The van der Waals surface area contributed by atoms with E-state index in [0.717, 1.165) is 12.5 Å². The molecule has 2 aliphatic rings. The van der Waals surface area contributed by atoms with Gasteiger partial charge in [-0.1, -0.05) is 32.1 Å². The van der Waals surface area contributed by atoms with Crippen LogP contribution in [0.4, 0.5) is 0 Å². The standard InChI is InChI=1S/C17H26O2/c1-2-6-14(7-3-1)12-19-17-9-5-4-8-16(17)15-10-11-18-13-15/h10-11,13-14,16-17H,1-9,12H2/t16-,17+/m1/s1. The lowest BCUT2D eigenvalue weighted by Crippen LogP contribution is -2.28. The number of hydrogen-bond acceptors (Lipinski definition) is 2. The van der Waals surface area contributed by atoms with Gasteiger partial charge in [0, 0.05) is 12.5 Å². The molecule has 0 spiro atoms. The fraction of sp³-hybridized carbons (Fsp3) is 0.765. The lowest BCUT2D eigenvalue weighted by atomic mass is 9.82. The summed E-state index contributed by atoms with van der Waals surface area (Å²) in [4.78, 5) is 0. The van der Waals surface area contributed by atoms with E-state index in [2.05, 4.69) is 6.07 Å². The van der Waals surface area contributed by atoms with E-state index < -0.39 is 0 Å². The van der Waals surface area contributed by atoms with Crippen molar-refractivity contribution in [2.24, 2.45) is 5.92 Å². The zero-order chi connectivity index (χ0) is 12.9.